The molecule has 0 spiro atoms. The molecule has 0 atom stereocenters. The second-order valence-electron chi connectivity index (χ2n) is 7.03. The van der Waals surface area contributed by atoms with Crippen LogP contribution in [0.25, 0.3) is 0 Å². The van der Waals surface area contributed by atoms with Gasteiger partial charge in [-0.15, -0.1) is 0 Å². The predicted molar refractivity (Wildman–Crippen MR) is 79.3 cm³/mol. The number of hydrogen-bond donors (Lipinski definition) is 1. The summed E-state index contributed by atoms with van der Waals surface area (Å²) in [6.07, 6.45) is 0. The largest absolute Gasteiger partial charge is 0.394 e. The Morgan fingerprint density at radius 1 is 1.16 bits per heavy atom. The van der Waals surface area contributed by atoms with Crippen LogP contribution in [0.1, 0.15) is 41.5 Å². The van der Waals surface area contributed by atoms with Crippen LogP contribution in [0.5, 0.6) is 0 Å². The van der Waals surface area contributed by atoms with E-state index in [2.05, 4.69) is 10.5 Å². The van der Waals surface area contributed by atoms with Gasteiger partial charge in [-0.05, 0) is 34.9 Å². The minimum absolute atomic E-state index is 0.176. The topological polar surface area (TPSA) is 53.9 Å². The second kappa shape index (κ2) is 6.89. The molecular formula is C14H29N3O2. The van der Waals surface area contributed by atoms with E-state index in [1.54, 1.807) is 0 Å². The van der Waals surface area contributed by atoms with Gasteiger partial charge in [0.1, 0.15) is 12.3 Å². The summed E-state index contributed by atoms with van der Waals surface area (Å²) in [5, 5.41) is 6.94. The lowest BCUT2D eigenvalue weighted by Crippen LogP contribution is -2.47. The molecule has 0 aliphatic heterocycles. The third kappa shape index (κ3) is 8.59. The zero-order valence-electron chi connectivity index (χ0n) is 13.6. The van der Waals surface area contributed by atoms with Gasteiger partial charge in [-0.25, -0.2) is 0 Å². The van der Waals surface area contributed by atoms with E-state index in [4.69, 9.17) is 4.84 Å². The first kappa shape index (κ1) is 17.9. The van der Waals surface area contributed by atoms with Gasteiger partial charge >= 0.3 is 0 Å². The van der Waals surface area contributed by atoms with E-state index in [1.807, 2.05) is 60.5 Å². The molecule has 0 saturated heterocycles. The first-order valence-electron chi connectivity index (χ1n) is 6.61. The summed E-state index contributed by atoms with van der Waals surface area (Å²) in [4.78, 5) is 19.5. The Labute approximate surface area is 117 Å². The lowest BCUT2D eigenvalue weighted by atomic mass is 9.89. The number of carbonyl (C=O) groups is 1. The minimum atomic E-state index is -0.354. The number of nitrogens with one attached hydrogen (secondary N) is 1. The fraction of sp³-hybridized carbons (Fsp3) is 0.857. The van der Waals surface area contributed by atoms with Gasteiger partial charge in [0.25, 0.3) is 5.91 Å². The van der Waals surface area contributed by atoms with Gasteiger partial charge in [0.15, 0.2) is 0 Å². The molecule has 0 radical (unpaired) electrons. The summed E-state index contributed by atoms with van der Waals surface area (Å²) in [5.41, 5.74) is -0.221. The zero-order chi connectivity index (χ0) is 15.3. The van der Waals surface area contributed by atoms with Crippen LogP contribution in [0.3, 0.4) is 0 Å². The highest BCUT2D eigenvalue weighted by atomic mass is 16.6. The van der Waals surface area contributed by atoms with E-state index in [0.29, 0.717) is 12.3 Å². The number of hydrogen-bond acceptors (Lipinski definition) is 4. The van der Waals surface area contributed by atoms with Gasteiger partial charge < -0.3 is 15.1 Å². The molecule has 0 bridgehead atoms. The molecule has 19 heavy (non-hydrogen) atoms. The van der Waals surface area contributed by atoms with Crippen LogP contribution in [0, 0.1) is 5.41 Å². The van der Waals surface area contributed by atoms with Crippen LogP contribution in [-0.4, -0.2) is 49.3 Å². The van der Waals surface area contributed by atoms with E-state index in [0.717, 1.165) is 6.54 Å². The highest BCUT2D eigenvalue weighted by Gasteiger charge is 2.29. The van der Waals surface area contributed by atoms with Crippen LogP contribution < -0.4 is 5.32 Å². The second-order valence-corrected chi connectivity index (χ2v) is 7.03. The average Bonchev–Trinajstić information content (AvgIpc) is 2.11. The number of nitrogens with zero attached hydrogens (tertiary/aromatic N) is 2. The Kier molecular flexibility index (Phi) is 6.49. The number of rotatable bonds is 5. The van der Waals surface area contributed by atoms with Gasteiger partial charge in [0, 0.05) is 17.5 Å². The molecular weight excluding hydrogens is 242 g/mol. The molecule has 112 valence electrons. The number of oxime groups is 1. The molecule has 0 heterocycles. The van der Waals surface area contributed by atoms with E-state index in [9.17, 15) is 4.79 Å². The average molecular weight is 271 g/mol. The summed E-state index contributed by atoms with van der Waals surface area (Å²) in [6, 6.07) is 0. The van der Waals surface area contributed by atoms with Crippen LogP contribution in [0.2, 0.25) is 0 Å². The molecule has 0 saturated carbocycles. The van der Waals surface area contributed by atoms with Gasteiger partial charge in [-0.3, -0.25) is 4.79 Å². The minimum Gasteiger partial charge on any atom is -0.394 e. The third-order valence-corrected chi connectivity index (χ3v) is 2.20. The highest BCUT2D eigenvalue weighted by molar-refractivity contribution is 6.40. The fourth-order valence-electron chi connectivity index (χ4n) is 1.25. The summed E-state index contributed by atoms with van der Waals surface area (Å²) < 4.78 is 0. The highest BCUT2D eigenvalue weighted by Crippen LogP contribution is 2.17. The van der Waals surface area contributed by atoms with E-state index in [1.165, 1.54) is 0 Å². The Hall–Kier alpha value is -1.10. The Bertz CT molecular complexity index is 323. The van der Waals surface area contributed by atoms with Gasteiger partial charge in [0.05, 0.1) is 0 Å². The molecule has 1 N–H and O–H groups in total. The molecule has 5 nitrogen and oxygen atoms in total. The summed E-state index contributed by atoms with van der Waals surface area (Å²) in [5.74, 6) is -0.176. The zero-order valence-corrected chi connectivity index (χ0v) is 13.6. The Morgan fingerprint density at radius 3 is 2.05 bits per heavy atom. The summed E-state index contributed by atoms with van der Waals surface area (Å²) in [6.45, 7) is 12.9. The van der Waals surface area contributed by atoms with Crippen molar-refractivity contribution in [2.45, 2.75) is 47.1 Å². The van der Waals surface area contributed by atoms with E-state index in [-0.39, 0.29) is 16.9 Å². The molecule has 0 aromatic heterocycles. The van der Waals surface area contributed by atoms with Crippen molar-refractivity contribution in [3.8, 4) is 0 Å². The van der Waals surface area contributed by atoms with Crippen molar-refractivity contribution in [2.24, 2.45) is 10.6 Å². The van der Waals surface area contributed by atoms with Crippen LogP contribution in [0.4, 0.5) is 0 Å². The third-order valence-electron chi connectivity index (χ3n) is 2.20. The number of amides is 1. The van der Waals surface area contributed by atoms with Crippen molar-refractivity contribution < 1.29 is 9.63 Å². The smallest absolute Gasteiger partial charge is 0.270 e. The SMILES string of the molecule is CN(C)CCO/N=C(\C(=O)NC(C)(C)C)C(C)(C)C. The quantitative estimate of drug-likeness (QED) is 0.472. The van der Waals surface area contributed by atoms with Crippen LogP contribution in [-0.2, 0) is 9.63 Å². The molecule has 1 amide bonds. The molecule has 0 fully saturated rings. The molecule has 0 rings (SSSR count). The standard InChI is InChI=1S/C14H29N3O2/c1-13(2,3)11(12(18)15-14(4,5)6)16-19-10-9-17(7)8/h9-10H2,1-8H3,(H,15,18)/b16-11+. The maximum absolute atomic E-state index is 12.2. The molecule has 0 aromatic carbocycles. The lowest BCUT2D eigenvalue weighted by Gasteiger charge is -2.25. The normalized spacial score (nSPS) is 13.6. The van der Waals surface area contributed by atoms with Gasteiger partial charge in [-0.1, -0.05) is 25.9 Å². The fourth-order valence-corrected chi connectivity index (χ4v) is 1.25. The van der Waals surface area contributed by atoms with Crippen molar-refractivity contribution in [3.05, 3.63) is 0 Å². The van der Waals surface area contributed by atoms with Gasteiger partial charge in [0.2, 0.25) is 0 Å². The van der Waals surface area contributed by atoms with Crippen molar-refractivity contribution in [3.63, 3.8) is 0 Å². The van der Waals surface area contributed by atoms with Crippen molar-refractivity contribution in [2.75, 3.05) is 27.2 Å². The molecule has 0 aliphatic carbocycles. The van der Waals surface area contributed by atoms with Gasteiger partial charge in [-0.2, -0.15) is 0 Å². The van der Waals surface area contributed by atoms with Crippen molar-refractivity contribution in [1.29, 1.82) is 0 Å². The lowest BCUT2D eigenvalue weighted by molar-refractivity contribution is -0.116. The van der Waals surface area contributed by atoms with E-state index < -0.39 is 0 Å². The number of likely N-dealkylation sites (N-methyl/N-ethyl adjacent to an activating group) is 1. The first-order valence-corrected chi connectivity index (χ1v) is 6.61. The Morgan fingerprint density at radius 2 is 1.68 bits per heavy atom. The van der Waals surface area contributed by atoms with Crippen molar-refractivity contribution >= 4 is 11.6 Å². The maximum atomic E-state index is 12.2. The first-order chi connectivity index (χ1) is 8.43. The molecule has 5 heteroatoms. The monoisotopic (exact) mass is 271 g/mol. The maximum Gasteiger partial charge on any atom is 0.270 e. The van der Waals surface area contributed by atoms with E-state index >= 15 is 0 Å². The molecule has 0 aromatic rings. The van der Waals surface area contributed by atoms with Crippen LogP contribution in [0.15, 0.2) is 5.16 Å². The predicted octanol–water partition coefficient (Wildman–Crippen LogP) is 1.88. The molecule has 0 aliphatic rings. The Balaban J connectivity index is 4.74. The molecule has 0 unspecified atom stereocenters. The van der Waals surface area contributed by atoms with Crippen molar-refractivity contribution in [1.82, 2.24) is 10.2 Å². The number of carbonyl (C=O) groups excluding carboxylic acids is 1. The van der Waals surface area contributed by atoms with Crippen LogP contribution >= 0.6 is 0 Å². The summed E-state index contributed by atoms with van der Waals surface area (Å²) >= 11 is 0. The summed E-state index contributed by atoms with van der Waals surface area (Å²) in [7, 11) is 3.92.